The van der Waals surface area contributed by atoms with Crippen LogP contribution in [0.1, 0.15) is 22.3 Å². The van der Waals surface area contributed by atoms with E-state index in [1.165, 1.54) is 0 Å². The van der Waals surface area contributed by atoms with E-state index in [1.807, 2.05) is 78.9 Å². The van der Waals surface area contributed by atoms with Gasteiger partial charge < -0.3 is 41.0 Å². The highest BCUT2D eigenvalue weighted by molar-refractivity contribution is 5.82. The average molecular weight is 625 g/mol. The quantitative estimate of drug-likeness (QED) is 0.261. The molecule has 0 saturated carbocycles. The minimum Gasteiger partial charge on any atom is -0.493 e. The molecule has 2 amide bonds. The van der Waals surface area contributed by atoms with Crippen LogP contribution >= 0.6 is 0 Å². The fourth-order valence-corrected chi connectivity index (χ4v) is 5.17. The highest BCUT2D eigenvalue weighted by Gasteiger charge is 2.17. The molecule has 4 heterocycles. The van der Waals surface area contributed by atoms with Crippen LogP contribution in [0.15, 0.2) is 84.9 Å². The van der Waals surface area contributed by atoms with Gasteiger partial charge in [-0.15, -0.1) is 0 Å². The lowest BCUT2D eigenvalue weighted by Gasteiger charge is -2.16. The van der Waals surface area contributed by atoms with Crippen LogP contribution in [0.25, 0.3) is 0 Å². The van der Waals surface area contributed by atoms with Crippen LogP contribution in [0.5, 0.6) is 34.5 Å². The Bertz CT molecular complexity index is 1640. The number of methoxy groups -OCH3 is 2. The predicted molar refractivity (Wildman–Crippen MR) is 176 cm³/mol. The summed E-state index contributed by atoms with van der Waals surface area (Å²) in [5.41, 5.74) is 16.3. The summed E-state index contributed by atoms with van der Waals surface area (Å²) in [7, 11) is 3.16. The van der Waals surface area contributed by atoms with Crippen molar-refractivity contribution in [1.82, 2.24) is 10.6 Å². The van der Waals surface area contributed by atoms with Gasteiger partial charge in [0.1, 0.15) is 11.5 Å². The molecule has 0 saturated heterocycles. The Balaban J connectivity index is 1.35. The third-order valence-corrected chi connectivity index (χ3v) is 7.77. The van der Waals surface area contributed by atoms with Gasteiger partial charge in [0.2, 0.25) is 11.8 Å². The molecule has 10 nitrogen and oxygen atoms in total. The number of carbonyl (C=O) groups excluding carboxylic acids is 2. The van der Waals surface area contributed by atoms with Gasteiger partial charge in [-0.3, -0.25) is 9.59 Å². The molecule has 6 N–H and O–H groups in total. The second-order valence-electron chi connectivity index (χ2n) is 11.2. The lowest BCUT2D eigenvalue weighted by atomic mass is 10.0. The minimum absolute atomic E-state index is 0.230. The van der Waals surface area contributed by atoms with E-state index in [2.05, 4.69) is 10.6 Å². The normalized spacial score (nSPS) is 17.8. The maximum Gasteiger partial charge on any atom is 0.237 e. The van der Waals surface area contributed by atoms with E-state index in [9.17, 15) is 9.59 Å². The third-order valence-electron chi connectivity index (χ3n) is 7.77. The number of ether oxygens (including phenoxy) is 4. The van der Waals surface area contributed by atoms with Gasteiger partial charge in [0.15, 0.2) is 23.0 Å². The Morgan fingerprint density at radius 3 is 1.52 bits per heavy atom. The molecule has 0 fully saturated rings. The predicted octanol–water partition coefficient (Wildman–Crippen LogP) is 4.06. The number of rotatable bonds is 2. The van der Waals surface area contributed by atoms with E-state index in [0.717, 1.165) is 22.3 Å². The van der Waals surface area contributed by atoms with Crippen LogP contribution in [-0.2, 0) is 35.3 Å². The molecule has 0 aliphatic carbocycles. The number of hydrogen-bond acceptors (Lipinski definition) is 8. The molecule has 4 aromatic carbocycles. The van der Waals surface area contributed by atoms with Crippen molar-refractivity contribution in [3.63, 3.8) is 0 Å². The van der Waals surface area contributed by atoms with Crippen LogP contribution in [0, 0.1) is 0 Å². The first-order valence-electron chi connectivity index (χ1n) is 15.3. The van der Waals surface area contributed by atoms with Crippen molar-refractivity contribution >= 4 is 11.8 Å². The molecule has 0 radical (unpaired) electrons. The minimum atomic E-state index is -0.740. The van der Waals surface area contributed by atoms with Crippen LogP contribution in [-0.4, -0.2) is 51.2 Å². The second-order valence-corrected chi connectivity index (χ2v) is 11.2. The van der Waals surface area contributed by atoms with E-state index in [4.69, 9.17) is 30.4 Å². The van der Waals surface area contributed by atoms with Gasteiger partial charge in [-0.1, -0.05) is 36.4 Å². The van der Waals surface area contributed by atoms with E-state index in [-0.39, 0.29) is 11.8 Å². The van der Waals surface area contributed by atoms with Crippen molar-refractivity contribution in [3.8, 4) is 34.5 Å². The van der Waals surface area contributed by atoms with Crippen molar-refractivity contribution in [3.05, 3.63) is 107 Å². The molecule has 8 bridgehead atoms. The molecule has 4 aliphatic rings. The van der Waals surface area contributed by atoms with Crippen molar-refractivity contribution in [2.75, 3.05) is 27.3 Å². The lowest BCUT2D eigenvalue weighted by molar-refractivity contribution is -0.123. The van der Waals surface area contributed by atoms with Gasteiger partial charge in [0.05, 0.1) is 26.3 Å². The summed E-state index contributed by atoms with van der Waals surface area (Å²) in [4.78, 5) is 25.6. The van der Waals surface area contributed by atoms with E-state index in [0.29, 0.717) is 73.3 Å². The van der Waals surface area contributed by atoms with Gasteiger partial charge in [-0.2, -0.15) is 0 Å². The van der Waals surface area contributed by atoms with Gasteiger partial charge in [-0.05, 0) is 96.5 Å². The number of nitrogens with one attached hydrogen (secondary N) is 2. The molecule has 4 aromatic rings. The zero-order valence-electron chi connectivity index (χ0n) is 26.1. The van der Waals surface area contributed by atoms with Gasteiger partial charge in [-0.25, -0.2) is 0 Å². The Hall–Kier alpha value is -5.06. The summed E-state index contributed by atoms with van der Waals surface area (Å²) >= 11 is 0. The molecule has 4 aliphatic heterocycles. The summed E-state index contributed by atoms with van der Waals surface area (Å²) < 4.78 is 23.3. The monoisotopic (exact) mass is 624 g/mol. The van der Waals surface area contributed by atoms with E-state index in [1.54, 1.807) is 20.3 Å². The standard InChI is InChI=1S/C36H40N4O6/c1-43-31-13-7-25-16-18-40-35(41)29(37)19-24-5-11-28(12-6-24)46-34-22-26(8-14-32(34)44-2)20-30(38)36(42)39-17-15-23-3-9-27(10-4-23)45-33(31)21-25/h3-14,21-22,29-30H,15-20,37-38H2,1-2H3,(H,39,42)(H,40,41). The lowest BCUT2D eigenvalue weighted by Crippen LogP contribution is -2.42. The molecular formula is C36H40N4O6. The first kappa shape index (κ1) is 32.3. The van der Waals surface area contributed by atoms with Crippen molar-refractivity contribution < 1.29 is 28.5 Å². The smallest absolute Gasteiger partial charge is 0.237 e. The van der Waals surface area contributed by atoms with Crippen molar-refractivity contribution in [2.45, 2.75) is 37.8 Å². The highest BCUT2D eigenvalue weighted by Crippen LogP contribution is 2.34. The van der Waals surface area contributed by atoms with Gasteiger partial charge >= 0.3 is 0 Å². The summed E-state index contributed by atoms with van der Waals surface area (Å²) in [6.45, 7) is 0.860. The largest absolute Gasteiger partial charge is 0.493 e. The summed E-state index contributed by atoms with van der Waals surface area (Å²) in [5.74, 6) is 2.98. The Kier molecular flexibility index (Phi) is 10.7. The molecular weight excluding hydrogens is 584 g/mol. The fraction of sp³-hybridized carbons (Fsp3) is 0.278. The zero-order chi connectivity index (χ0) is 32.5. The molecule has 2 atom stereocenters. The summed E-state index contributed by atoms with van der Waals surface area (Å²) in [6.07, 6.45) is 1.90. The summed E-state index contributed by atoms with van der Waals surface area (Å²) in [6, 6.07) is 24.8. The van der Waals surface area contributed by atoms with Crippen molar-refractivity contribution in [1.29, 1.82) is 0 Å². The first-order valence-corrected chi connectivity index (χ1v) is 15.3. The van der Waals surface area contributed by atoms with Crippen molar-refractivity contribution in [2.24, 2.45) is 11.5 Å². The topological polar surface area (TPSA) is 147 Å². The molecule has 8 rings (SSSR count). The van der Waals surface area contributed by atoms with Gasteiger partial charge in [0.25, 0.3) is 0 Å². The van der Waals surface area contributed by atoms with E-state index >= 15 is 0 Å². The number of benzene rings is 4. The highest BCUT2D eigenvalue weighted by atomic mass is 16.5. The molecule has 0 spiro atoms. The Morgan fingerprint density at radius 2 is 1.00 bits per heavy atom. The van der Waals surface area contributed by atoms with Crippen LogP contribution in [0.4, 0.5) is 0 Å². The summed E-state index contributed by atoms with van der Waals surface area (Å²) in [5, 5.41) is 5.88. The fourth-order valence-electron chi connectivity index (χ4n) is 5.17. The number of amides is 2. The second kappa shape index (κ2) is 15.3. The maximum atomic E-state index is 12.8. The molecule has 46 heavy (non-hydrogen) atoms. The van der Waals surface area contributed by atoms with Crippen LogP contribution < -0.4 is 41.0 Å². The van der Waals surface area contributed by atoms with Crippen LogP contribution in [0.2, 0.25) is 0 Å². The zero-order valence-corrected chi connectivity index (χ0v) is 26.1. The SMILES string of the molecule is COc1ccc2cc1Oc1ccc(cc1)CCNC(=O)C(N)Cc1ccc(OC)c(c1)Oc1ccc(cc1)CC(N)C(=O)NCC2. The van der Waals surface area contributed by atoms with Gasteiger partial charge in [0, 0.05) is 13.1 Å². The number of hydrogen-bond donors (Lipinski definition) is 4. The van der Waals surface area contributed by atoms with E-state index < -0.39 is 12.1 Å². The Labute approximate surface area is 269 Å². The average Bonchev–Trinajstić information content (AvgIpc) is 3.06. The number of carbonyl (C=O) groups is 2. The molecule has 2 unspecified atom stereocenters. The van der Waals surface area contributed by atoms with Crippen LogP contribution in [0.3, 0.4) is 0 Å². The molecule has 10 heteroatoms. The number of nitrogens with two attached hydrogens (primary N) is 2. The molecule has 240 valence electrons. The Morgan fingerprint density at radius 1 is 0.587 bits per heavy atom. The molecule has 0 aromatic heterocycles. The third kappa shape index (κ3) is 8.56. The maximum absolute atomic E-state index is 12.8. The first-order chi connectivity index (χ1) is 22.3.